The molecule has 0 atom stereocenters. The molecule has 4 rings (SSSR count). The number of piperazine rings is 1. The molecule has 1 aliphatic heterocycles. The summed E-state index contributed by atoms with van der Waals surface area (Å²) >= 11 is 4.80. The Morgan fingerprint density at radius 3 is 2.61 bits per heavy atom. The van der Waals surface area contributed by atoms with E-state index >= 15 is 0 Å². The fraction of sp³-hybridized carbons (Fsp3) is 0.263. The van der Waals surface area contributed by atoms with Crippen molar-refractivity contribution in [3.05, 3.63) is 46.4 Å². The van der Waals surface area contributed by atoms with E-state index in [0.717, 1.165) is 51.7 Å². The van der Waals surface area contributed by atoms with Gasteiger partial charge in [0, 0.05) is 37.1 Å². The van der Waals surface area contributed by atoms with Crippen molar-refractivity contribution in [1.82, 2.24) is 4.98 Å². The summed E-state index contributed by atoms with van der Waals surface area (Å²) in [6, 6.07) is 8.88. The topological polar surface area (TPSA) is 69.2 Å². The molecule has 0 spiro atoms. The van der Waals surface area contributed by atoms with E-state index in [9.17, 15) is 4.39 Å². The molecule has 3 N–H and O–H groups in total. The Balaban J connectivity index is 1.49. The van der Waals surface area contributed by atoms with Gasteiger partial charge in [0.15, 0.2) is 5.13 Å². The number of halogens is 1. The Kier molecular flexibility index (Phi) is 5.56. The summed E-state index contributed by atoms with van der Waals surface area (Å²) in [5.41, 5.74) is 8.28. The second kappa shape index (κ2) is 8.10. The van der Waals surface area contributed by atoms with Gasteiger partial charge in [-0.1, -0.05) is 12.1 Å². The first-order valence-electron chi connectivity index (χ1n) is 8.79. The largest absolute Gasteiger partial charge is 0.383 e. The van der Waals surface area contributed by atoms with Crippen molar-refractivity contribution in [2.45, 2.75) is 4.21 Å². The van der Waals surface area contributed by atoms with Crippen LogP contribution in [0.3, 0.4) is 0 Å². The zero-order valence-electron chi connectivity index (χ0n) is 15.3. The fourth-order valence-electron chi connectivity index (χ4n) is 3.22. The highest BCUT2D eigenvalue weighted by atomic mass is 32.2. The minimum Gasteiger partial charge on any atom is -0.383 e. The number of anilines is 2. The number of rotatable bonds is 5. The van der Waals surface area contributed by atoms with E-state index in [1.165, 1.54) is 17.4 Å². The maximum Gasteiger partial charge on any atom is 0.185 e. The highest BCUT2D eigenvalue weighted by Gasteiger charge is 2.22. The van der Waals surface area contributed by atoms with E-state index in [1.54, 1.807) is 29.2 Å². The monoisotopic (exact) mass is 433 g/mol. The van der Waals surface area contributed by atoms with Crippen molar-refractivity contribution in [2.24, 2.45) is 5.73 Å². The van der Waals surface area contributed by atoms with Gasteiger partial charge in [-0.05, 0) is 24.5 Å². The van der Waals surface area contributed by atoms with Crippen LogP contribution in [0.2, 0.25) is 0 Å². The standard InChI is InChI=1S/C19H20FN5S3/c1-26-18-12(10-16(28-18)17(21)22)14-11-27-19(23-14)25-8-6-24(7-9-25)15-5-3-2-4-13(15)20/h2-5,10-11H,6-9H2,1H3,(H3,21,22). The molecule has 0 aliphatic carbocycles. The molecule has 0 bridgehead atoms. The van der Waals surface area contributed by atoms with Crippen molar-refractivity contribution in [3.63, 3.8) is 0 Å². The maximum atomic E-state index is 14.0. The molecule has 0 saturated carbocycles. The van der Waals surface area contributed by atoms with E-state index in [1.807, 2.05) is 24.5 Å². The third-order valence-corrected chi connectivity index (χ3v) is 7.87. The first-order valence-corrected chi connectivity index (χ1v) is 11.7. The number of nitrogen functional groups attached to an aromatic ring is 1. The lowest BCUT2D eigenvalue weighted by atomic mass is 10.2. The van der Waals surface area contributed by atoms with Gasteiger partial charge in [0.1, 0.15) is 11.7 Å². The van der Waals surface area contributed by atoms with Crippen LogP contribution in [0.25, 0.3) is 11.3 Å². The van der Waals surface area contributed by atoms with Crippen LogP contribution in [-0.2, 0) is 0 Å². The second-order valence-electron chi connectivity index (χ2n) is 6.37. The average molecular weight is 434 g/mol. The van der Waals surface area contributed by atoms with Crippen molar-refractivity contribution in [3.8, 4) is 11.3 Å². The van der Waals surface area contributed by atoms with Crippen molar-refractivity contribution < 1.29 is 4.39 Å². The Morgan fingerprint density at radius 1 is 1.21 bits per heavy atom. The van der Waals surface area contributed by atoms with E-state index < -0.39 is 0 Å². The SMILES string of the molecule is CSc1sc(C(=N)N)cc1-c1csc(N2CCN(c3ccccc3F)CC2)n1. The summed E-state index contributed by atoms with van der Waals surface area (Å²) in [7, 11) is 0. The zero-order valence-corrected chi connectivity index (χ0v) is 17.8. The number of nitrogens with one attached hydrogen (secondary N) is 1. The van der Waals surface area contributed by atoms with E-state index in [2.05, 4.69) is 15.2 Å². The molecule has 3 heterocycles. The molecule has 5 nitrogen and oxygen atoms in total. The van der Waals surface area contributed by atoms with Crippen LogP contribution in [0.1, 0.15) is 4.88 Å². The van der Waals surface area contributed by atoms with Crippen LogP contribution in [0.15, 0.2) is 39.9 Å². The second-order valence-corrected chi connectivity index (χ2v) is 9.33. The molecule has 1 fully saturated rings. The minimum absolute atomic E-state index is 0.0891. The molecule has 1 aromatic carbocycles. The molecule has 0 unspecified atom stereocenters. The van der Waals surface area contributed by atoms with Gasteiger partial charge in [-0.3, -0.25) is 5.41 Å². The number of nitrogens with two attached hydrogens (primary N) is 1. The van der Waals surface area contributed by atoms with Gasteiger partial charge >= 0.3 is 0 Å². The lowest BCUT2D eigenvalue weighted by molar-refractivity contribution is 0.597. The Morgan fingerprint density at radius 2 is 1.93 bits per heavy atom. The Labute approximate surface area is 175 Å². The number of benzene rings is 1. The van der Waals surface area contributed by atoms with Gasteiger partial charge in [-0.15, -0.1) is 34.4 Å². The molecule has 0 radical (unpaired) electrons. The number of hydrogen-bond acceptors (Lipinski definition) is 7. The summed E-state index contributed by atoms with van der Waals surface area (Å²) in [5.74, 6) is -0.0814. The molecule has 28 heavy (non-hydrogen) atoms. The van der Waals surface area contributed by atoms with Crippen LogP contribution in [0.5, 0.6) is 0 Å². The minimum atomic E-state index is -0.171. The summed E-state index contributed by atoms with van der Waals surface area (Å²) in [6.45, 7) is 3.13. The highest BCUT2D eigenvalue weighted by Crippen LogP contribution is 2.39. The zero-order chi connectivity index (χ0) is 19.7. The van der Waals surface area contributed by atoms with E-state index in [0.29, 0.717) is 5.69 Å². The third-order valence-electron chi connectivity index (χ3n) is 4.66. The fourth-order valence-corrected chi connectivity index (χ4v) is 5.84. The first kappa shape index (κ1) is 19.2. The molecule has 146 valence electrons. The normalized spacial score (nSPS) is 14.5. The van der Waals surface area contributed by atoms with Crippen LogP contribution in [0, 0.1) is 11.2 Å². The number of thiophene rings is 1. The Bertz CT molecular complexity index is 991. The summed E-state index contributed by atoms with van der Waals surface area (Å²) < 4.78 is 15.1. The lowest BCUT2D eigenvalue weighted by Gasteiger charge is -2.36. The number of thiazole rings is 1. The number of thioether (sulfide) groups is 1. The van der Waals surface area contributed by atoms with Crippen molar-refractivity contribution >= 4 is 51.1 Å². The molecule has 2 aromatic heterocycles. The molecule has 9 heteroatoms. The van der Waals surface area contributed by atoms with Crippen LogP contribution >= 0.6 is 34.4 Å². The van der Waals surface area contributed by atoms with Crippen LogP contribution in [-0.4, -0.2) is 43.3 Å². The predicted molar refractivity (Wildman–Crippen MR) is 119 cm³/mol. The average Bonchev–Trinajstić information content (AvgIpc) is 3.35. The highest BCUT2D eigenvalue weighted by molar-refractivity contribution is 8.00. The van der Waals surface area contributed by atoms with Gasteiger partial charge in [-0.2, -0.15) is 0 Å². The Hall–Kier alpha value is -2.10. The molecule has 1 aliphatic rings. The predicted octanol–water partition coefficient (Wildman–Crippen LogP) is 4.34. The maximum absolute atomic E-state index is 14.0. The summed E-state index contributed by atoms with van der Waals surface area (Å²) in [5, 5.41) is 10.7. The summed E-state index contributed by atoms with van der Waals surface area (Å²) in [4.78, 5) is 9.95. The molecule has 0 amide bonds. The quantitative estimate of drug-likeness (QED) is 0.356. The van der Waals surface area contributed by atoms with Crippen molar-refractivity contribution in [2.75, 3.05) is 42.2 Å². The smallest absolute Gasteiger partial charge is 0.185 e. The molecule has 1 saturated heterocycles. The first-order chi connectivity index (χ1) is 13.6. The molecular formula is C19H20FN5S3. The number of nitrogens with zero attached hydrogens (tertiary/aromatic N) is 3. The third kappa shape index (κ3) is 3.74. The van der Waals surface area contributed by atoms with E-state index in [4.69, 9.17) is 16.1 Å². The van der Waals surface area contributed by atoms with Gasteiger partial charge in [-0.25, -0.2) is 9.37 Å². The molecular weight excluding hydrogens is 413 g/mol. The van der Waals surface area contributed by atoms with Crippen LogP contribution < -0.4 is 15.5 Å². The van der Waals surface area contributed by atoms with Gasteiger partial charge in [0.05, 0.1) is 20.5 Å². The van der Waals surface area contributed by atoms with E-state index in [-0.39, 0.29) is 11.7 Å². The number of aromatic nitrogens is 1. The van der Waals surface area contributed by atoms with Crippen molar-refractivity contribution in [1.29, 1.82) is 5.41 Å². The van der Waals surface area contributed by atoms with Crippen LogP contribution in [0.4, 0.5) is 15.2 Å². The van der Waals surface area contributed by atoms with Gasteiger partial charge in [0.25, 0.3) is 0 Å². The number of amidine groups is 1. The summed E-state index contributed by atoms with van der Waals surface area (Å²) in [6.07, 6.45) is 2.02. The lowest BCUT2D eigenvalue weighted by Crippen LogP contribution is -2.46. The van der Waals surface area contributed by atoms with Gasteiger partial charge in [0.2, 0.25) is 0 Å². The number of para-hydroxylation sites is 1. The number of hydrogen-bond donors (Lipinski definition) is 2. The van der Waals surface area contributed by atoms with Gasteiger partial charge < -0.3 is 15.5 Å². The molecule has 3 aromatic rings.